The molecule has 0 aliphatic carbocycles. The molecule has 2 bridgehead atoms. The molecule has 40 heavy (non-hydrogen) atoms. The number of rotatable bonds is 3. The molecule has 0 radical (unpaired) electrons. The molecule has 3 amide bonds. The number of amides is 3. The number of fused-ring (bicyclic) bond motifs is 4. The molecule has 0 spiro atoms. The van der Waals surface area contributed by atoms with E-state index in [2.05, 4.69) is 20.4 Å². The van der Waals surface area contributed by atoms with Crippen LogP contribution in [0.1, 0.15) is 49.2 Å². The SMILES string of the molecule is COC(=O)Nc1ccc2c(c1)NC(=O)CCC=CCC(N1CCC(c3cccc(Cl)c3)OC1=O)c1nc-2c(Cl)[nH]1. The molecule has 2 aliphatic rings. The lowest BCUT2D eigenvalue weighted by Gasteiger charge is -2.36. The first-order valence-electron chi connectivity index (χ1n) is 12.7. The van der Waals surface area contributed by atoms with Crippen LogP contribution in [0.15, 0.2) is 54.6 Å². The fourth-order valence-corrected chi connectivity index (χ4v) is 5.22. The summed E-state index contributed by atoms with van der Waals surface area (Å²) in [6.07, 6.45) is 4.06. The van der Waals surface area contributed by atoms with Gasteiger partial charge in [0.1, 0.15) is 22.8 Å². The first-order valence-corrected chi connectivity index (χ1v) is 13.5. The molecule has 0 saturated carbocycles. The van der Waals surface area contributed by atoms with E-state index in [1.54, 1.807) is 35.2 Å². The van der Waals surface area contributed by atoms with Gasteiger partial charge < -0.3 is 19.8 Å². The van der Waals surface area contributed by atoms with Gasteiger partial charge in [0.25, 0.3) is 0 Å². The van der Waals surface area contributed by atoms with Crippen molar-refractivity contribution in [2.75, 3.05) is 24.3 Å². The third kappa shape index (κ3) is 6.08. The molecular formula is C28H27Cl2N5O5. The predicted molar refractivity (Wildman–Crippen MR) is 151 cm³/mol. The Kier molecular flexibility index (Phi) is 8.27. The van der Waals surface area contributed by atoms with Crippen LogP contribution in [0.3, 0.4) is 0 Å². The van der Waals surface area contributed by atoms with Gasteiger partial charge in [-0.2, -0.15) is 0 Å². The predicted octanol–water partition coefficient (Wildman–Crippen LogP) is 6.87. The van der Waals surface area contributed by atoms with Gasteiger partial charge in [0, 0.05) is 35.7 Å². The first kappa shape index (κ1) is 27.5. The first-order chi connectivity index (χ1) is 19.3. The Labute approximate surface area is 240 Å². The van der Waals surface area contributed by atoms with Crippen molar-refractivity contribution in [2.45, 2.75) is 37.8 Å². The molecule has 2 aliphatic heterocycles. The Balaban J connectivity index is 1.47. The van der Waals surface area contributed by atoms with Crippen LogP contribution in [-0.2, 0) is 14.3 Å². The molecule has 1 saturated heterocycles. The summed E-state index contributed by atoms with van der Waals surface area (Å²) in [4.78, 5) is 47.2. The zero-order valence-corrected chi connectivity index (χ0v) is 23.1. The van der Waals surface area contributed by atoms with Crippen molar-refractivity contribution in [3.8, 4) is 11.3 Å². The summed E-state index contributed by atoms with van der Waals surface area (Å²) < 4.78 is 10.5. The number of hydrogen-bond acceptors (Lipinski definition) is 6. The lowest BCUT2D eigenvalue weighted by Crippen LogP contribution is -2.41. The summed E-state index contributed by atoms with van der Waals surface area (Å²) in [7, 11) is 1.26. The van der Waals surface area contributed by atoms with Gasteiger partial charge in [0.2, 0.25) is 5.91 Å². The smallest absolute Gasteiger partial charge is 0.411 e. The number of H-pyrrole nitrogens is 1. The number of nitrogens with zero attached hydrogens (tertiary/aromatic N) is 2. The maximum Gasteiger partial charge on any atom is 0.411 e. The van der Waals surface area contributed by atoms with Crippen LogP contribution in [-0.4, -0.2) is 46.6 Å². The third-order valence-corrected chi connectivity index (χ3v) is 7.25. The summed E-state index contributed by atoms with van der Waals surface area (Å²) in [6.45, 7) is 0.432. The molecule has 208 valence electrons. The summed E-state index contributed by atoms with van der Waals surface area (Å²) in [5.74, 6) is 0.270. The molecule has 10 nitrogen and oxygen atoms in total. The van der Waals surface area contributed by atoms with Crippen molar-refractivity contribution in [1.29, 1.82) is 0 Å². The summed E-state index contributed by atoms with van der Waals surface area (Å²) in [5, 5.41) is 6.30. The highest BCUT2D eigenvalue weighted by molar-refractivity contribution is 6.32. The number of halogens is 2. The highest BCUT2D eigenvalue weighted by Crippen LogP contribution is 2.38. The van der Waals surface area contributed by atoms with Gasteiger partial charge in [0.05, 0.1) is 18.8 Å². The average molecular weight is 584 g/mol. The van der Waals surface area contributed by atoms with E-state index >= 15 is 0 Å². The van der Waals surface area contributed by atoms with Gasteiger partial charge in [-0.25, -0.2) is 14.6 Å². The maximum absolute atomic E-state index is 13.3. The van der Waals surface area contributed by atoms with Gasteiger partial charge in [-0.1, -0.05) is 47.5 Å². The van der Waals surface area contributed by atoms with E-state index in [4.69, 9.17) is 32.9 Å². The minimum atomic E-state index is -0.644. The second-order valence-corrected chi connectivity index (χ2v) is 10.2. The van der Waals surface area contributed by atoms with Crippen LogP contribution in [0.4, 0.5) is 21.0 Å². The van der Waals surface area contributed by atoms with Crippen LogP contribution < -0.4 is 10.6 Å². The number of nitrogens with one attached hydrogen (secondary N) is 3. The van der Waals surface area contributed by atoms with Crippen molar-refractivity contribution in [3.05, 3.63) is 76.2 Å². The zero-order chi connectivity index (χ0) is 28.2. The number of methoxy groups -OCH3 is 1. The molecule has 3 heterocycles. The molecule has 2 atom stereocenters. The fraction of sp³-hybridized carbons (Fsp3) is 0.286. The molecule has 12 heteroatoms. The lowest BCUT2D eigenvalue weighted by atomic mass is 10.0. The van der Waals surface area contributed by atoms with E-state index in [1.165, 1.54) is 7.11 Å². The minimum Gasteiger partial charge on any atom is -0.453 e. The number of cyclic esters (lactones) is 1. The molecule has 3 N–H and O–H groups in total. The van der Waals surface area contributed by atoms with E-state index in [-0.39, 0.29) is 17.5 Å². The van der Waals surface area contributed by atoms with Crippen LogP contribution in [0.5, 0.6) is 0 Å². The van der Waals surface area contributed by atoms with Gasteiger partial charge in [-0.05, 0) is 48.7 Å². The standard InChI is InChI=1S/C28H27Cl2N5O5/c1-39-27(37)31-18-10-11-19-20(15-18)32-23(36)9-4-2-3-8-21(26-33-24(19)25(30)34-26)35-13-12-22(40-28(35)38)16-6-5-7-17(29)14-16/h2-3,5-7,10-11,14-15,21-22H,4,8-9,12-13H2,1H3,(H,31,37)(H,32,36)(H,33,34). The van der Waals surface area contributed by atoms with Crippen molar-refractivity contribution in [2.24, 2.45) is 0 Å². The van der Waals surface area contributed by atoms with Crippen molar-refractivity contribution in [3.63, 3.8) is 0 Å². The molecule has 2 aromatic carbocycles. The number of ether oxygens (including phenoxy) is 2. The topological polar surface area (TPSA) is 126 Å². The van der Waals surface area contributed by atoms with Crippen LogP contribution in [0.2, 0.25) is 10.2 Å². The van der Waals surface area contributed by atoms with E-state index in [0.29, 0.717) is 59.3 Å². The minimum absolute atomic E-state index is 0.213. The number of carbonyl (C=O) groups excluding carboxylic acids is 3. The van der Waals surface area contributed by atoms with Crippen LogP contribution >= 0.6 is 23.2 Å². The number of hydrogen-bond donors (Lipinski definition) is 3. The third-order valence-electron chi connectivity index (χ3n) is 6.74. The number of aromatic nitrogens is 2. The molecule has 5 rings (SSSR count). The summed E-state index contributed by atoms with van der Waals surface area (Å²) in [6, 6.07) is 11.8. The van der Waals surface area contributed by atoms with Gasteiger partial charge in [-0.3, -0.25) is 15.0 Å². The molecule has 1 fully saturated rings. The number of benzene rings is 2. The van der Waals surface area contributed by atoms with E-state index < -0.39 is 24.3 Å². The Morgan fingerprint density at radius 2 is 2.02 bits per heavy atom. The van der Waals surface area contributed by atoms with Gasteiger partial charge in [0.15, 0.2) is 0 Å². The number of aromatic amines is 1. The zero-order valence-electron chi connectivity index (χ0n) is 21.6. The van der Waals surface area contributed by atoms with E-state index in [0.717, 1.165) is 5.56 Å². The fourth-order valence-electron chi connectivity index (χ4n) is 4.78. The van der Waals surface area contributed by atoms with E-state index in [1.807, 2.05) is 24.3 Å². The van der Waals surface area contributed by atoms with E-state index in [9.17, 15) is 14.4 Å². The summed E-state index contributed by atoms with van der Waals surface area (Å²) >= 11 is 12.8. The highest BCUT2D eigenvalue weighted by atomic mass is 35.5. The van der Waals surface area contributed by atoms with Crippen molar-refractivity contribution in [1.82, 2.24) is 14.9 Å². The normalized spacial score (nSPS) is 19.3. The highest BCUT2D eigenvalue weighted by Gasteiger charge is 2.35. The number of anilines is 2. The number of imidazole rings is 1. The molecule has 3 aromatic rings. The molecular weight excluding hydrogens is 557 g/mol. The Hall–Kier alpha value is -4.02. The molecule has 1 aromatic heterocycles. The van der Waals surface area contributed by atoms with Crippen LogP contribution in [0, 0.1) is 0 Å². The Morgan fingerprint density at radius 3 is 2.80 bits per heavy atom. The summed E-state index contributed by atoms with van der Waals surface area (Å²) in [5.41, 5.74) is 2.62. The maximum atomic E-state index is 13.3. The molecule has 2 unspecified atom stereocenters. The number of allylic oxidation sites excluding steroid dienone is 1. The van der Waals surface area contributed by atoms with Crippen molar-refractivity contribution < 1.29 is 23.9 Å². The van der Waals surface area contributed by atoms with Gasteiger partial charge >= 0.3 is 12.2 Å². The monoisotopic (exact) mass is 583 g/mol. The van der Waals surface area contributed by atoms with Gasteiger partial charge in [-0.15, -0.1) is 0 Å². The van der Waals surface area contributed by atoms with Crippen molar-refractivity contribution >= 4 is 52.7 Å². The lowest BCUT2D eigenvalue weighted by molar-refractivity contribution is -0.116. The number of carbonyl (C=O) groups is 3. The second-order valence-electron chi connectivity index (χ2n) is 9.38. The Bertz CT molecular complexity index is 1470. The largest absolute Gasteiger partial charge is 0.453 e. The average Bonchev–Trinajstić information content (AvgIpc) is 3.31. The Morgan fingerprint density at radius 1 is 1.18 bits per heavy atom. The van der Waals surface area contributed by atoms with Crippen LogP contribution in [0.25, 0.3) is 11.3 Å². The second kappa shape index (κ2) is 12.0. The quantitative estimate of drug-likeness (QED) is 0.289.